The van der Waals surface area contributed by atoms with E-state index in [4.69, 9.17) is 9.52 Å². The third-order valence-corrected chi connectivity index (χ3v) is 1.35. The van der Waals surface area contributed by atoms with Crippen LogP contribution in [0.15, 0.2) is 16.7 Å². The van der Waals surface area contributed by atoms with Crippen LogP contribution < -0.4 is 5.32 Å². The number of hydrogen-bond acceptors (Lipinski definition) is 3. The minimum absolute atomic E-state index is 0.159. The zero-order valence-corrected chi connectivity index (χ0v) is 7.00. The SMILES string of the molecule is CC(=O)Nc1coc([C@H](C)O)c1. The molecule has 0 aliphatic heterocycles. The second-order valence-electron chi connectivity index (χ2n) is 2.59. The number of hydrogen-bond donors (Lipinski definition) is 2. The molecule has 1 aromatic rings. The fourth-order valence-corrected chi connectivity index (χ4v) is 0.841. The molecule has 66 valence electrons. The van der Waals surface area contributed by atoms with Crippen LogP contribution in [0.4, 0.5) is 5.69 Å². The lowest BCUT2D eigenvalue weighted by Gasteiger charge is -1.95. The molecule has 2 N–H and O–H groups in total. The Kier molecular flexibility index (Phi) is 2.50. The van der Waals surface area contributed by atoms with Crippen LogP contribution in [-0.4, -0.2) is 11.0 Å². The third-order valence-electron chi connectivity index (χ3n) is 1.35. The molecule has 0 saturated carbocycles. The number of carbonyl (C=O) groups is 1. The van der Waals surface area contributed by atoms with E-state index in [1.807, 2.05) is 0 Å². The van der Waals surface area contributed by atoms with Gasteiger partial charge in [0.25, 0.3) is 0 Å². The molecule has 0 bridgehead atoms. The van der Waals surface area contributed by atoms with Gasteiger partial charge in [0.2, 0.25) is 5.91 Å². The topological polar surface area (TPSA) is 62.5 Å². The van der Waals surface area contributed by atoms with Crippen molar-refractivity contribution in [2.75, 3.05) is 5.32 Å². The standard InChI is InChI=1S/C8H11NO3/c1-5(10)8-3-7(4-12-8)9-6(2)11/h3-5,10H,1-2H3,(H,9,11)/t5-/m0/s1. The summed E-state index contributed by atoms with van der Waals surface area (Å²) in [6, 6.07) is 1.59. The highest BCUT2D eigenvalue weighted by Gasteiger charge is 2.06. The highest BCUT2D eigenvalue weighted by Crippen LogP contribution is 2.18. The van der Waals surface area contributed by atoms with Gasteiger partial charge in [0.05, 0.1) is 5.69 Å². The molecule has 0 unspecified atom stereocenters. The van der Waals surface area contributed by atoms with E-state index in [-0.39, 0.29) is 5.91 Å². The Morgan fingerprint density at radius 1 is 1.75 bits per heavy atom. The fraction of sp³-hybridized carbons (Fsp3) is 0.375. The molecule has 1 rings (SSSR count). The maximum atomic E-state index is 10.6. The number of furan rings is 1. The van der Waals surface area contributed by atoms with Gasteiger partial charge in [-0.25, -0.2) is 0 Å². The normalized spacial score (nSPS) is 12.6. The van der Waals surface area contributed by atoms with Gasteiger partial charge >= 0.3 is 0 Å². The lowest BCUT2D eigenvalue weighted by Crippen LogP contribution is -2.04. The van der Waals surface area contributed by atoms with Crippen LogP contribution >= 0.6 is 0 Å². The Morgan fingerprint density at radius 2 is 2.42 bits per heavy atom. The molecule has 4 heteroatoms. The zero-order chi connectivity index (χ0) is 9.14. The quantitative estimate of drug-likeness (QED) is 0.701. The first-order valence-electron chi connectivity index (χ1n) is 3.63. The highest BCUT2D eigenvalue weighted by molar-refractivity contribution is 5.88. The molecule has 0 aliphatic carbocycles. The van der Waals surface area contributed by atoms with Gasteiger partial charge in [0, 0.05) is 13.0 Å². The maximum Gasteiger partial charge on any atom is 0.221 e. The predicted octanol–water partition coefficient (Wildman–Crippen LogP) is 1.29. The number of aliphatic hydroxyl groups excluding tert-OH is 1. The molecule has 0 spiro atoms. The van der Waals surface area contributed by atoms with E-state index < -0.39 is 6.10 Å². The van der Waals surface area contributed by atoms with E-state index in [0.717, 1.165) is 0 Å². The van der Waals surface area contributed by atoms with Crippen LogP contribution in [-0.2, 0) is 4.79 Å². The van der Waals surface area contributed by atoms with E-state index in [9.17, 15) is 4.79 Å². The van der Waals surface area contributed by atoms with Gasteiger partial charge in [-0.2, -0.15) is 0 Å². The zero-order valence-electron chi connectivity index (χ0n) is 7.00. The minimum Gasteiger partial charge on any atom is -0.464 e. The first kappa shape index (κ1) is 8.80. The summed E-state index contributed by atoms with van der Waals surface area (Å²) in [5.41, 5.74) is 0.568. The molecule has 0 radical (unpaired) electrons. The van der Waals surface area contributed by atoms with Crippen molar-refractivity contribution in [3.63, 3.8) is 0 Å². The van der Waals surface area contributed by atoms with E-state index in [0.29, 0.717) is 11.4 Å². The average Bonchev–Trinajstić information content (AvgIpc) is 2.34. The Bertz CT molecular complexity index is 278. The second-order valence-corrected chi connectivity index (χ2v) is 2.59. The van der Waals surface area contributed by atoms with Crippen molar-refractivity contribution >= 4 is 11.6 Å². The molecule has 1 amide bonds. The van der Waals surface area contributed by atoms with Gasteiger partial charge < -0.3 is 14.8 Å². The van der Waals surface area contributed by atoms with Gasteiger partial charge in [0.1, 0.15) is 18.1 Å². The number of carbonyl (C=O) groups excluding carboxylic acids is 1. The number of amides is 1. The summed E-state index contributed by atoms with van der Waals surface area (Å²) < 4.78 is 4.96. The Hall–Kier alpha value is -1.29. The summed E-state index contributed by atoms with van der Waals surface area (Å²) in [5, 5.41) is 11.6. The summed E-state index contributed by atoms with van der Waals surface area (Å²) in [5.74, 6) is 0.284. The molecule has 0 saturated heterocycles. The van der Waals surface area contributed by atoms with E-state index in [2.05, 4.69) is 5.32 Å². The highest BCUT2D eigenvalue weighted by atomic mass is 16.4. The van der Waals surface area contributed by atoms with Gasteiger partial charge in [-0.3, -0.25) is 4.79 Å². The van der Waals surface area contributed by atoms with Crippen LogP contribution in [0.5, 0.6) is 0 Å². The second kappa shape index (κ2) is 3.40. The van der Waals surface area contributed by atoms with E-state index in [1.165, 1.54) is 13.2 Å². The van der Waals surface area contributed by atoms with Crippen molar-refractivity contribution in [3.05, 3.63) is 18.1 Å². The van der Waals surface area contributed by atoms with Crippen molar-refractivity contribution in [1.82, 2.24) is 0 Å². The van der Waals surface area contributed by atoms with Gasteiger partial charge in [-0.15, -0.1) is 0 Å². The molecule has 4 nitrogen and oxygen atoms in total. The number of anilines is 1. The van der Waals surface area contributed by atoms with Crippen molar-refractivity contribution < 1.29 is 14.3 Å². The van der Waals surface area contributed by atoms with E-state index in [1.54, 1.807) is 13.0 Å². The fourth-order valence-electron chi connectivity index (χ4n) is 0.841. The minimum atomic E-state index is -0.646. The maximum absolute atomic E-state index is 10.6. The monoisotopic (exact) mass is 169 g/mol. The molecular formula is C8H11NO3. The molecule has 1 aromatic heterocycles. The van der Waals surface area contributed by atoms with Gasteiger partial charge in [0.15, 0.2) is 0 Å². The van der Waals surface area contributed by atoms with Gasteiger partial charge in [-0.05, 0) is 6.92 Å². The van der Waals surface area contributed by atoms with Crippen LogP contribution in [0.3, 0.4) is 0 Å². The summed E-state index contributed by atoms with van der Waals surface area (Å²) in [6.07, 6.45) is 0.746. The first-order chi connectivity index (χ1) is 5.59. The lowest BCUT2D eigenvalue weighted by molar-refractivity contribution is -0.114. The first-order valence-corrected chi connectivity index (χ1v) is 3.63. The summed E-state index contributed by atoms with van der Waals surface area (Å²) >= 11 is 0. The average molecular weight is 169 g/mol. The molecule has 0 fully saturated rings. The molecule has 12 heavy (non-hydrogen) atoms. The Balaban J connectivity index is 2.70. The molecule has 1 atom stereocenters. The largest absolute Gasteiger partial charge is 0.464 e. The van der Waals surface area contributed by atoms with Crippen LogP contribution in [0, 0.1) is 0 Å². The Morgan fingerprint density at radius 3 is 2.83 bits per heavy atom. The van der Waals surface area contributed by atoms with Gasteiger partial charge in [-0.1, -0.05) is 0 Å². The molecule has 1 heterocycles. The third kappa shape index (κ3) is 2.10. The van der Waals surface area contributed by atoms with Crippen LogP contribution in [0.25, 0.3) is 0 Å². The van der Waals surface area contributed by atoms with Crippen molar-refractivity contribution in [1.29, 1.82) is 0 Å². The van der Waals surface area contributed by atoms with Crippen LogP contribution in [0.1, 0.15) is 25.7 Å². The summed E-state index contributed by atoms with van der Waals surface area (Å²) in [6.45, 7) is 3.01. The van der Waals surface area contributed by atoms with Crippen molar-refractivity contribution in [3.8, 4) is 0 Å². The number of nitrogens with one attached hydrogen (secondary N) is 1. The van der Waals surface area contributed by atoms with Crippen LogP contribution in [0.2, 0.25) is 0 Å². The van der Waals surface area contributed by atoms with Crippen molar-refractivity contribution in [2.45, 2.75) is 20.0 Å². The molecule has 0 aromatic carbocycles. The lowest BCUT2D eigenvalue weighted by atomic mass is 10.3. The molecule has 0 aliphatic rings. The number of rotatable bonds is 2. The summed E-state index contributed by atoms with van der Waals surface area (Å²) in [4.78, 5) is 10.6. The van der Waals surface area contributed by atoms with Crippen molar-refractivity contribution in [2.24, 2.45) is 0 Å². The van der Waals surface area contributed by atoms with E-state index >= 15 is 0 Å². The summed E-state index contributed by atoms with van der Waals surface area (Å²) in [7, 11) is 0. The molecular weight excluding hydrogens is 158 g/mol. The predicted molar refractivity (Wildman–Crippen MR) is 43.6 cm³/mol. The smallest absolute Gasteiger partial charge is 0.221 e. The Labute approximate surface area is 70.2 Å². The number of aliphatic hydroxyl groups is 1.